The number of hydrogen-bond donors (Lipinski definition) is 1. The molecule has 1 unspecified atom stereocenters. The fourth-order valence-corrected chi connectivity index (χ4v) is 2.37. The maximum atomic E-state index is 6.07. The smallest absolute Gasteiger partial charge is 0.137 e. The van der Waals surface area contributed by atoms with Crippen molar-refractivity contribution in [2.24, 2.45) is 0 Å². The van der Waals surface area contributed by atoms with Crippen LogP contribution < -0.4 is 10.1 Å². The van der Waals surface area contributed by atoms with E-state index in [0.29, 0.717) is 11.1 Å². The van der Waals surface area contributed by atoms with Crippen LogP contribution in [0.25, 0.3) is 0 Å². The van der Waals surface area contributed by atoms with Crippen LogP contribution in [0, 0.1) is 0 Å². The van der Waals surface area contributed by atoms with E-state index in [1.54, 1.807) is 7.11 Å². The molecule has 0 saturated carbocycles. The topological polar surface area (TPSA) is 21.3 Å². The summed E-state index contributed by atoms with van der Waals surface area (Å²) in [5, 5.41) is 3.93. The molecule has 15 heavy (non-hydrogen) atoms. The Kier molecular flexibility index (Phi) is 5.29. The standard InChI is InChI=1S/C11H16ClNOS/c1-13-10(7-15-3)8-4-5-11(14-2)9(12)6-8/h4-6,10,13H,7H2,1-3H3. The minimum atomic E-state index is 0.336. The molecule has 0 bridgehead atoms. The Bertz CT molecular complexity index is 319. The van der Waals surface area contributed by atoms with Crippen LogP contribution >= 0.6 is 23.4 Å². The van der Waals surface area contributed by atoms with Crippen molar-refractivity contribution in [1.82, 2.24) is 5.32 Å². The average Bonchev–Trinajstić information content (AvgIpc) is 2.25. The Balaban J connectivity index is 2.89. The number of benzene rings is 1. The first kappa shape index (κ1) is 12.7. The van der Waals surface area contributed by atoms with Crippen LogP contribution in [0.4, 0.5) is 0 Å². The van der Waals surface area contributed by atoms with Gasteiger partial charge in [0.2, 0.25) is 0 Å². The number of nitrogens with one attached hydrogen (secondary N) is 1. The van der Waals surface area contributed by atoms with Crippen molar-refractivity contribution in [3.8, 4) is 5.75 Å². The molecule has 1 aromatic rings. The van der Waals surface area contributed by atoms with E-state index in [1.165, 1.54) is 5.56 Å². The maximum absolute atomic E-state index is 6.07. The monoisotopic (exact) mass is 245 g/mol. The Labute approximate surface area is 100 Å². The first-order valence-corrected chi connectivity index (χ1v) is 6.49. The van der Waals surface area contributed by atoms with Gasteiger partial charge in [0, 0.05) is 11.8 Å². The van der Waals surface area contributed by atoms with Gasteiger partial charge in [-0.3, -0.25) is 0 Å². The summed E-state index contributed by atoms with van der Waals surface area (Å²) in [5.74, 6) is 1.75. The molecule has 1 rings (SSSR count). The zero-order valence-corrected chi connectivity index (χ0v) is 10.8. The molecule has 84 valence electrons. The highest BCUT2D eigenvalue weighted by Gasteiger charge is 2.10. The summed E-state index contributed by atoms with van der Waals surface area (Å²) in [5.41, 5.74) is 1.19. The van der Waals surface area contributed by atoms with Crippen LogP contribution in [0.1, 0.15) is 11.6 Å². The number of rotatable bonds is 5. The minimum absolute atomic E-state index is 0.336. The third-order valence-corrected chi connectivity index (χ3v) is 3.22. The second-order valence-corrected chi connectivity index (χ2v) is 4.51. The summed E-state index contributed by atoms with van der Waals surface area (Å²) in [6.45, 7) is 0. The van der Waals surface area contributed by atoms with Gasteiger partial charge in [-0.1, -0.05) is 17.7 Å². The molecule has 0 saturated heterocycles. The summed E-state index contributed by atoms with van der Waals surface area (Å²) < 4.78 is 5.12. The third-order valence-electron chi connectivity index (χ3n) is 2.26. The predicted octanol–water partition coefficient (Wildman–Crippen LogP) is 2.97. The van der Waals surface area contributed by atoms with Gasteiger partial charge in [0.1, 0.15) is 5.75 Å². The van der Waals surface area contributed by atoms with Crippen molar-refractivity contribution in [1.29, 1.82) is 0 Å². The molecule has 0 aliphatic rings. The van der Waals surface area contributed by atoms with E-state index in [9.17, 15) is 0 Å². The van der Waals surface area contributed by atoms with Gasteiger partial charge in [-0.15, -0.1) is 0 Å². The second kappa shape index (κ2) is 6.26. The van der Waals surface area contributed by atoms with E-state index < -0.39 is 0 Å². The SMILES string of the molecule is CNC(CSC)c1ccc(OC)c(Cl)c1. The highest BCUT2D eigenvalue weighted by Crippen LogP contribution is 2.28. The molecule has 0 fully saturated rings. The Hall–Kier alpha value is -0.380. The minimum Gasteiger partial charge on any atom is -0.495 e. The second-order valence-electron chi connectivity index (χ2n) is 3.19. The van der Waals surface area contributed by atoms with Gasteiger partial charge < -0.3 is 10.1 Å². The zero-order chi connectivity index (χ0) is 11.3. The lowest BCUT2D eigenvalue weighted by Gasteiger charge is -2.16. The Morgan fingerprint density at radius 2 is 2.27 bits per heavy atom. The molecule has 1 atom stereocenters. The lowest BCUT2D eigenvalue weighted by atomic mass is 10.1. The zero-order valence-electron chi connectivity index (χ0n) is 9.21. The van der Waals surface area contributed by atoms with Crippen molar-refractivity contribution >= 4 is 23.4 Å². The first-order valence-electron chi connectivity index (χ1n) is 4.72. The van der Waals surface area contributed by atoms with Crippen LogP contribution in [-0.4, -0.2) is 26.2 Å². The lowest BCUT2D eigenvalue weighted by molar-refractivity contribution is 0.414. The van der Waals surface area contributed by atoms with E-state index in [4.69, 9.17) is 16.3 Å². The van der Waals surface area contributed by atoms with Crippen LogP contribution in [0.5, 0.6) is 5.75 Å². The molecule has 4 heteroatoms. The number of halogens is 1. The maximum Gasteiger partial charge on any atom is 0.137 e. The number of methoxy groups -OCH3 is 1. The Morgan fingerprint density at radius 3 is 2.73 bits per heavy atom. The largest absolute Gasteiger partial charge is 0.495 e. The summed E-state index contributed by atoms with van der Waals surface area (Å²) >= 11 is 7.88. The number of ether oxygens (including phenoxy) is 1. The summed E-state index contributed by atoms with van der Waals surface area (Å²) in [6, 6.07) is 6.24. The molecule has 0 radical (unpaired) electrons. The van der Waals surface area contributed by atoms with Gasteiger partial charge in [-0.25, -0.2) is 0 Å². The van der Waals surface area contributed by atoms with Gasteiger partial charge >= 0.3 is 0 Å². The molecule has 1 aromatic carbocycles. The molecule has 0 heterocycles. The van der Waals surface area contributed by atoms with Gasteiger partial charge in [-0.05, 0) is 31.0 Å². The summed E-state index contributed by atoms with van der Waals surface area (Å²) in [6.07, 6.45) is 2.09. The van der Waals surface area contributed by atoms with Crippen molar-refractivity contribution in [3.05, 3.63) is 28.8 Å². The van der Waals surface area contributed by atoms with E-state index in [0.717, 1.165) is 11.5 Å². The fourth-order valence-electron chi connectivity index (χ4n) is 1.41. The van der Waals surface area contributed by atoms with Gasteiger partial charge in [0.05, 0.1) is 12.1 Å². The van der Waals surface area contributed by atoms with Crippen molar-refractivity contribution in [3.63, 3.8) is 0 Å². The van der Waals surface area contributed by atoms with Crippen molar-refractivity contribution in [2.75, 3.05) is 26.2 Å². The molecule has 0 aromatic heterocycles. The van der Waals surface area contributed by atoms with E-state index in [1.807, 2.05) is 37.0 Å². The third kappa shape index (κ3) is 3.30. The molecular formula is C11H16ClNOS. The Morgan fingerprint density at radius 1 is 1.53 bits per heavy atom. The number of hydrogen-bond acceptors (Lipinski definition) is 3. The lowest BCUT2D eigenvalue weighted by Crippen LogP contribution is -2.18. The summed E-state index contributed by atoms with van der Waals surface area (Å²) in [7, 11) is 3.58. The van der Waals surface area contributed by atoms with Crippen LogP contribution in [-0.2, 0) is 0 Å². The predicted molar refractivity (Wildman–Crippen MR) is 68.2 cm³/mol. The average molecular weight is 246 g/mol. The van der Waals surface area contributed by atoms with Gasteiger partial charge in [-0.2, -0.15) is 11.8 Å². The van der Waals surface area contributed by atoms with Crippen molar-refractivity contribution < 1.29 is 4.74 Å². The molecular weight excluding hydrogens is 230 g/mol. The van der Waals surface area contributed by atoms with E-state index in [-0.39, 0.29) is 0 Å². The molecule has 2 nitrogen and oxygen atoms in total. The highest BCUT2D eigenvalue weighted by molar-refractivity contribution is 7.98. The molecule has 0 amide bonds. The molecule has 1 N–H and O–H groups in total. The van der Waals surface area contributed by atoms with E-state index in [2.05, 4.69) is 11.6 Å². The van der Waals surface area contributed by atoms with Crippen LogP contribution in [0.3, 0.4) is 0 Å². The quantitative estimate of drug-likeness (QED) is 0.862. The molecule has 0 aliphatic heterocycles. The normalized spacial score (nSPS) is 12.5. The molecule has 0 aliphatic carbocycles. The molecule has 0 spiro atoms. The number of thioether (sulfide) groups is 1. The van der Waals surface area contributed by atoms with Crippen LogP contribution in [0.2, 0.25) is 5.02 Å². The van der Waals surface area contributed by atoms with Crippen LogP contribution in [0.15, 0.2) is 18.2 Å². The van der Waals surface area contributed by atoms with Gasteiger partial charge in [0.25, 0.3) is 0 Å². The fraction of sp³-hybridized carbons (Fsp3) is 0.455. The van der Waals surface area contributed by atoms with E-state index >= 15 is 0 Å². The first-order chi connectivity index (χ1) is 7.22. The highest BCUT2D eigenvalue weighted by atomic mass is 35.5. The van der Waals surface area contributed by atoms with Crippen molar-refractivity contribution in [2.45, 2.75) is 6.04 Å². The summed E-state index contributed by atoms with van der Waals surface area (Å²) in [4.78, 5) is 0. The van der Waals surface area contributed by atoms with Gasteiger partial charge in [0.15, 0.2) is 0 Å².